The number of rotatable bonds is 4. The molecule has 138 valence electrons. The summed E-state index contributed by atoms with van der Waals surface area (Å²) in [5.41, 5.74) is 4.35. The molecular formula is C24H30ClN. The molecule has 1 nitrogen and oxygen atoms in total. The Morgan fingerprint density at radius 3 is 2.12 bits per heavy atom. The quantitative estimate of drug-likeness (QED) is 0.492. The molecule has 1 atom stereocenters. The van der Waals surface area contributed by atoms with Crippen LogP contribution in [0.5, 0.6) is 0 Å². The molecule has 3 aromatic rings. The molecule has 0 radical (unpaired) electrons. The number of halogens is 1. The van der Waals surface area contributed by atoms with Crippen LogP contribution < -0.4 is 0 Å². The zero-order chi connectivity index (χ0) is 18.0. The summed E-state index contributed by atoms with van der Waals surface area (Å²) >= 11 is 0. The maximum absolute atomic E-state index is 2.42. The summed E-state index contributed by atoms with van der Waals surface area (Å²) in [6, 6.07) is 24.7. The Bertz CT molecular complexity index is 841. The largest absolute Gasteiger partial charge is 0.295 e. The van der Waals surface area contributed by atoms with Crippen LogP contribution >= 0.6 is 12.4 Å². The topological polar surface area (TPSA) is 3.24 Å². The van der Waals surface area contributed by atoms with Crippen molar-refractivity contribution >= 4 is 23.2 Å². The Labute approximate surface area is 164 Å². The van der Waals surface area contributed by atoms with E-state index < -0.39 is 0 Å². The van der Waals surface area contributed by atoms with Crippen LogP contribution in [0.3, 0.4) is 0 Å². The summed E-state index contributed by atoms with van der Waals surface area (Å²) in [6.45, 7) is 10.0. The van der Waals surface area contributed by atoms with Crippen molar-refractivity contribution in [1.29, 1.82) is 0 Å². The van der Waals surface area contributed by atoms with Gasteiger partial charge in [-0.25, -0.2) is 0 Å². The zero-order valence-electron chi connectivity index (χ0n) is 16.5. The Hall–Kier alpha value is -1.83. The molecule has 0 spiro atoms. The van der Waals surface area contributed by atoms with Crippen LogP contribution in [0.4, 0.5) is 0 Å². The van der Waals surface area contributed by atoms with Gasteiger partial charge in [0.25, 0.3) is 0 Å². The van der Waals surface area contributed by atoms with Gasteiger partial charge in [-0.15, -0.1) is 12.4 Å². The van der Waals surface area contributed by atoms with E-state index in [1.807, 2.05) is 0 Å². The molecule has 0 aromatic heterocycles. The Morgan fingerprint density at radius 1 is 0.846 bits per heavy atom. The fourth-order valence-corrected chi connectivity index (χ4v) is 3.35. The van der Waals surface area contributed by atoms with Crippen molar-refractivity contribution < 1.29 is 0 Å². The predicted molar refractivity (Wildman–Crippen MR) is 116 cm³/mol. The van der Waals surface area contributed by atoms with Gasteiger partial charge in [0.15, 0.2) is 0 Å². The highest BCUT2D eigenvalue weighted by molar-refractivity contribution is 5.86. The lowest BCUT2D eigenvalue weighted by Gasteiger charge is -2.27. The number of benzene rings is 3. The Balaban J connectivity index is 0.00000243. The van der Waals surface area contributed by atoms with Crippen LogP contribution in [0.1, 0.15) is 50.4 Å². The average Bonchev–Trinajstić information content (AvgIpc) is 2.61. The lowest BCUT2D eigenvalue weighted by molar-refractivity contribution is 0.254. The molecule has 0 aliphatic rings. The first-order chi connectivity index (χ1) is 11.9. The van der Waals surface area contributed by atoms with E-state index in [1.165, 1.54) is 27.5 Å². The first-order valence-electron chi connectivity index (χ1n) is 9.13. The third-order valence-corrected chi connectivity index (χ3v) is 5.22. The number of fused-ring (bicyclic) bond motifs is 1. The summed E-state index contributed by atoms with van der Waals surface area (Å²) in [6.07, 6.45) is 0. The summed E-state index contributed by atoms with van der Waals surface area (Å²) in [5, 5.41) is 2.67. The van der Waals surface area contributed by atoms with Crippen molar-refractivity contribution in [1.82, 2.24) is 4.90 Å². The van der Waals surface area contributed by atoms with Crippen molar-refractivity contribution in [3.63, 3.8) is 0 Å². The van der Waals surface area contributed by atoms with Gasteiger partial charge in [0.2, 0.25) is 0 Å². The van der Waals surface area contributed by atoms with Gasteiger partial charge in [-0.2, -0.15) is 0 Å². The molecule has 0 unspecified atom stereocenters. The third kappa shape index (κ3) is 4.47. The first kappa shape index (κ1) is 20.5. The minimum atomic E-state index is 0. The molecule has 0 heterocycles. The molecule has 0 fully saturated rings. The summed E-state index contributed by atoms with van der Waals surface area (Å²) < 4.78 is 0. The highest BCUT2D eigenvalue weighted by Crippen LogP contribution is 2.27. The van der Waals surface area contributed by atoms with Gasteiger partial charge in [0, 0.05) is 12.6 Å². The highest BCUT2D eigenvalue weighted by Gasteiger charge is 2.16. The first-order valence-corrected chi connectivity index (χ1v) is 9.13. The Kier molecular flexibility index (Phi) is 6.49. The van der Waals surface area contributed by atoms with Crippen molar-refractivity contribution in [2.45, 2.75) is 45.7 Å². The summed E-state index contributed by atoms with van der Waals surface area (Å²) in [5.74, 6) is 0. The minimum absolute atomic E-state index is 0. The molecule has 0 saturated carbocycles. The molecule has 0 amide bonds. The maximum atomic E-state index is 2.42. The van der Waals surface area contributed by atoms with Gasteiger partial charge in [0.1, 0.15) is 0 Å². The van der Waals surface area contributed by atoms with E-state index in [1.54, 1.807) is 0 Å². The van der Waals surface area contributed by atoms with E-state index >= 15 is 0 Å². The van der Waals surface area contributed by atoms with Gasteiger partial charge >= 0.3 is 0 Å². The molecule has 26 heavy (non-hydrogen) atoms. The molecule has 0 bridgehead atoms. The van der Waals surface area contributed by atoms with Gasteiger partial charge in [-0.3, -0.25) is 4.90 Å². The van der Waals surface area contributed by atoms with Crippen molar-refractivity contribution in [3.8, 4) is 0 Å². The second-order valence-corrected chi connectivity index (χ2v) is 8.10. The fraction of sp³-hybridized carbons (Fsp3) is 0.333. The molecule has 3 aromatic carbocycles. The van der Waals surface area contributed by atoms with E-state index in [2.05, 4.69) is 106 Å². The van der Waals surface area contributed by atoms with E-state index in [9.17, 15) is 0 Å². The molecule has 3 rings (SSSR count). The number of nitrogens with zero attached hydrogens (tertiary/aromatic N) is 1. The lowest BCUT2D eigenvalue weighted by atomic mass is 9.86. The van der Waals surface area contributed by atoms with Crippen LogP contribution in [0.15, 0.2) is 66.7 Å². The van der Waals surface area contributed by atoms with Crippen LogP contribution in [0.25, 0.3) is 10.8 Å². The van der Waals surface area contributed by atoms with Gasteiger partial charge in [0.05, 0.1) is 0 Å². The second-order valence-electron chi connectivity index (χ2n) is 8.10. The van der Waals surface area contributed by atoms with Crippen molar-refractivity contribution in [3.05, 3.63) is 83.4 Å². The normalized spacial score (nSPS) is 12.8. The van der Waals surface area contributed by atoms with Gasteiger partial charge in [-0.05, 0) is 46.8 Å². The number of hydrogen-bond donors (Lipinski definition) is 0. The van der Waals surface area contributed by atoms with Crippen LogP contribution in [0.2, 0.25) is 0 Å². The predicted octanol–water partition coefficient (Wildman–Crippen LogP) is 6.75. The smallest absolute Gasteiger partial charge is 0.0320 e. The fourth-order valence-electron chi connectivity index (χ4n) is 3.35. The SMILES string of the molecule is C[C@@H](c1ccc(C(C)(C)C)cc1)N(C)Cc1cccc2ccccc12.Cl. The van der Waals surface area contributed by atoms with Crippen molar-refractivity contribution in [2.24, 2.45) is 0 Å². The van der Waals surface area contributed by atoms with E-state index in [0.29, 0.717) is 6.04 Å². The lowest BCUT2D eigenvalue weighted by Crippen LogP contribution is -2.22. The minimum Gasteiger partial charge on any atom is -0.295 e. The second kappa shape index (κ2) is 8.24. The van der Waals surface area contributed by atoms with Gasteiger partial charge in [-0.1, -0.05) is 87.5 Å². The standard InChI is InChI=1S/C24H29N.ClH/c1-18(19-13-15-22(16-14-19)24(2,3)4)25(5)17-21-11-8-10-20-9-6-7-12-23(20)21;/h6-16,18H,17H2,1-5H3;1H/t18-;/m0./s1. The summed E-state index contributed by atoms with van der Waals surface area (Å²) in [4.78, 5) is 2.42. The average molecular weight is 368 g/mol. The molecule has 2 heteroatoms. The van der Waals surface area contributed by atoms with E-state index in [4.69, 9.17) is 0 Å². The van der Waals surface area contributed by atoms with E-state index in [0.717, 1.165) is 6.54 Å². The molecule has 0 saturated heterocycles. The third-order valence-electron chi connectivity index (χ3n) is 5.22. The Morgan fingerprint density at radius 2 is 1.46 bits per heavy atom. The molecular weight excluding hydrogens is 338 g/mol. The zero-order valence-corrected chi connectivity index (χ0v) is 17.3. The van der Waals surface area contributed by atoms with Crippen molar-refractivity contribution in [2.75, 3.05) is 7.05 Å². The summed E-state index contributed by atoms with van der Waals surface area (Å²) in [7, 11) is 2.21. The maximum Gasteiger partial charge on any atom is 0.0320 e. The highest BCUT2D eigenvalue weighted by atomic mass is 35.5. The molecule has 0 aliphatic heterocycles. The van der Waals surface area contributed by atoms with Crippen LogP contribution in [-0.4, -0.2) is 11.9 Å². The molecule has 0 N–H and O–H groups in total. The monoisotopic (exact) mass is 367 g/mol. The number of hydrogen-bond acceptors (Lipinski definition) is 1. The van der Waals surface area contributed by atoms with Crippen LogP contribution in [0, 0.1) is 0 Å². The van der Waals surface area contributed by atoms with Crippen LogP contribution in [-0.2, 0) is 12.0 Å². The van der Waals surface area contributed by atoms with Gasteiger partial charge < -0.3 is 0 Å². The molecule has 0 aliphatic carbocycles. The van der Waals surface area contributed by atoms with E-state index in [-0.39, 0.29) is 17.8 Å².